The zero-order chi connectivity index (χ0) is 18.0. The number of unbranched alkanes of at least 4 members (excludes halogenated alkanes) is 9. The van der Waals surface area contributed by atoms with Crippen molar-refractivity contribution in [3.05, 3.63) is 0 Å². The molecule has 1 unspecified atom stereocenters. The van der Waals surface area contributed by atoms with Crippen LogP contribution in [-0.4, -0.2) is 22.2 Å². The lowest BCUT2D eigenvalue weighted by atomic mass is 9.92. The highest BCUT2D eigenvalue weighted by Crippen LogP contribution is 2.21. The summed E-state index contributed by atoms with van der Waals surface area (Å²) in [7, 11) is 0. The van der Waals surface area contributed by atoms with Crippen LogP contribution in [0, 0.1) is 5.92 Å². The Balaban J connectivity index is -0.00000264. The molecule has 26 heavy (non-hydrogen) atoms. The van der Waals surface area contributed by atoms with Gasteiger partial charge in [0.2, 0.25) is 0 Å². The van der Waals surface area contributed by atoms with Crippen LogP contribution in [0.25, 0.3) is 0 Å². The molecule has 0 amide bonds. The molecule has 0 aliphatic carbocycles. The maximum atomic E-state index is 10.4. The maximum Gasteiger partial charge on any atom is 0.303 e. The fourth-order valence-corrected chi connectivity index (χ4v) is 3.21. The van der Waals surface area contributed by atoms with Crippen molar-refractivity contribution in [3.63, 3.8) is 0 Å². The second-order valence-corrected chi connectivity index (χ2v) is 7.03. The summed E-state index contributed by atoms with van der Waals surface area (Å²) in [6, 6.07) is 0. The third-order valence-corrected chi connectivity index (χ3v) is 4.83. The third-order valence-electron chi connectivity index (χ3n) is 4.83. The Morgan fingerprint density at radius 1 is 0.615 bits per heavy atom. The molecule has 0 saturated heterocycles. The highest BCUT2D eigenvalue weighted by Gasteiger charge is 2.06. The number of hydrogen-bond donors (Lipinski definition) is 2. The molecule has 2 N–H and O–H groups in total. The molecule has 158 valence electrons. The van der Waals surface area contributed by atoms with E-state index in [9.17, 15) is 9.59 Å². The minimum absolute atomic E-state index is 0. The quantitative estimate of drug-likeness (QED) is 0.311. The van der Waals surface area contributed by atoms with Crippen molar-refractivity contribution in [2.45, 2.75) is 110 Å². The molecule has 1 atom stereocenters. The van der Waals surface area contributed by atoms with Gasteiger partial charge in [-0.25, -0.2) is 0 Å². The Morgan fingerprint density at radius 3 is 1.23 bits per heavy atom. The smallest absolute Gasteiger partial charge is 0.303 e. The van der Waals surface area contributed by atoms with Crippen LogP contribution in [0.2, 0.25) is 0 Å². The first kappa shape index (κ1) is 30.3. The second-order valence-electron chi connectivity index (χ2n) is 7.03. The van der Waals surface area contributed by atoms with E-state index in [1.807, 2.05) is 0 Å². The summed E-state index contributed by atoms with van der Waals surface area (Å²) in [6.45, 7) is 2.28. The molecule has 0 fully saturated rings. The molecule has 0 aliphatic rings. The van der Waals surface area contributed by atoms with Gasteiger partial charge < -0.3 is 35.0 Å². The predicted octanol–water partition coefficient (Wildman–Crippen LogP) is 0.0413. The molecule has 4 nitrogen and oxygen atoms in total. The maximum absolute atomic E-state index is 10.4. The van der Waals surface area contributed by atoms with Gasteiger partial charge in [0.25, 0.3) is 0 Å². The first-order chi connectivity index (χ1) is 11.6. The minimum atomic E-state index is -0.678. The molecule has 0 aromatic rings. The number of hydrogen-bond acceptors (Lipinski definition) is 2. The van der Waals surface area contributed by atoms with E-state index in [0.29, 0.717) is 12.8 Å². The lowest BCUT2D eigenvalue weighted by molar-refractivity contribution is -0.138. The van der Waals surface area contributed by atoms with E-state index in [2.05, 4.69) is 6.92 Å². The van der Waals surface area contributed by atoms with Crippen LogP contribution in [0.5, 0.6) is 0 Å². The molecule has 0 heterocycles. The second kappa shape index (κ2) is 22.6. The number of carboxylic acids is 2. The van der Waals surface area contributed by atoms with Crippen molar-refractivity contribution in [2.24, 2.45) is 5.92 Å². The van der Waals surface area contributed by atoms with Crippen molar-refractivity contribution < 1.29 is 44.6 Å². The molecular weight excluding hydrogens is 375 g/mol. The van der Waals surface area contributed by atoms with Crippen molar-refractivity contribution in [2.75, 3.05) is 0 Å². The normalized spacial score (nSPS) is 11.3. The van der Waals surface area contributed by atoms with Crippen LogP contribution < -0.4 is 24.8 Å². The summed E-state index contributed by atoms with van der Waals surface area (Å²) in [5, 5.41) is 17.2. The molecule has 6 heteroatoms. The number of carboxylic acid groups (broad SMARTS) is 2. The van der Waals surface area contributed by atoms with Gasteiger partial charge >= 0.3 is 11.9 Å². The zero-order valence-electron chi connectivity index (χ0n) is 16.4. The van der Waals surface area contributed by atoms with Gasteiger partial charge in [-0.15, -0.1) is 0 Å². The molecular formula is C20H38Cl2O4-2. The van der Waals surface area contributed by atoms with Crippen LogP contribution in [0.4, 0.5) is 0 Å². The first-order valence-corrected chi connectivity index (χ1v) is 9.99. The number of rotatable bonds is 18. The number of aliphatic carboxylic acids is 2. The summed E-state index contributed by atoms with van der Waals surface area (Å²) in [4.78, 5) is 20.8. The Labute approximate surface area is 172 Å². The van der Waals surface area contributed by atoms with Crippen molar-refractivity contribution in [3.8, 4) is 0 Å². The van der Waals surface area contributed by atoms with Gasteiger partial charge in [0.1, 0.15) is 0 Å². The lowest BCUT2D eigenvalue weighted by Crippen LogP contribution is -3.00. The predicted molar refractivity (Wildman–Crippen MR) is 98.3 cm³/mol. The third kappa shape index (κ3) is 23.5. The highest BCUT2D eigenvalue weighted by atomic mass is 35.5. The number of halogens is 2. The summed E-state index contributed by atoms with van der Waals surface area (Å²) in [6.07, 6.45) is 16.9. The van der Waals surface area contributed by atoms with Gasteiger partial charge in [-0.3, -0.25) is 9.59 Å². The van der Waals surface area contributed by atoms with Gasteiger partial charge in [-0.05, 0) is 18.8 Å². The van der Waals surface area contributed by atoms with Gasteiger partial charge in [0.05, 0.1) is 0 Å². The monoisotopic (exact) mass is 412 g/mol. The van der Waals surface area contributed by atoms with E-state index in [1.54, 1.807) is 0 Å². The van der Waals surface area contributed by atoms with Crippen LogP contribution in [-0.2, 0) is 9.59 Å². The van der Waals surface area contributed by atoms with E-state index in [4.69, 9.17) is 10.2 Å². The van der Waals surface area contributed by atoms with Gasteiger partial charge in [-0.1, -0.05) is 84.0 Å². The SMILES string of the molecule is CCC(CCCCCCCCCC(=O)O)CCCCCCC(=O)O.[Cl-].[Cl-]. The first-order valence-electron chi connectivity index (χ1n) is 9.99. The summed E-state index contributed by atoms with van der Waals surface area (Å²) >= 11 is 0. The Kier molecular flexibility index (Phi) is 26.3. The topological polar surface area (TPSA) is 74.6 Å². The van der Waals surface area contributed by atoms with E-state index < -0.39 is 11.9 Å². The minimum Gasteiger partial charge on any atom is -1.00 e. The largest absolute Gasteiger partial charge is 1.00 e. The zero-order valence-corrected chi connectivity index (χ0v) is 17.9. The van der Waals surface area contributed by atoms with Crippen molar-refractivity contribution in [1.82, 2.24) is 0 Å². The Bertz CT molecular complexity index is 325. The van der Waals surface area contributed by atoms with E-state index in [1.165, 1.54) is 64.2 Å². The lowest BCUT2D eigenvalue weighted by Gasteiger charge is -2.14. The molecule has 0 aromatic carbocycles. The van der Waals surface area contributed by atoms with Gasteiger partial charge in [0, 0.05) is 12.8 Å². The molecule has 0 rings (SSSR count). The average molecular weight is 413 g/mol. The fraction of sp³-hybridized carbons (Fsp3) is 0.900. The van der Waals surface area contributed by atoms with Gasteiger partial charge in [0.15, 0.2) is 0 Å². The molecule has 0 spiro atoms. The molecule has 0 bridgehead atoms. The molecule has 0 aliphatic heterocycles. The van der Waals surface area contributed by atoms with Crippen LogP contribution in [0.15, 0.2) is 0 Å². The Morgan fingerprint density at radius 2 is 0.923 bits per heavy atom. The molecule has 0 saturated carbocycles. The van der Waals surface area contributed by atoms with Crippen LogP contribution >= 0.6 is 0 Å². The fourth-order valence-electron chi connectivity index (χ4n) is 3.21. The van der Waals surface area contributed by atoms with E-state index in [0.717, 1.165) is 31.6 Å². The van der Waals surface area contributed by atoms with E-state index in [-0.39, 0.29) is 24.8 Å². The molecule has 0 radical (unpaired) electrons. The highest BCUT2D eigenvalue weighted by molar-refractivity contribution is 5.66. The molecule has 0 aromatic heterocycles. The average Bonchev–Trinajstić information content (AvgIpc) is 2.53. The standard InChI is InChI=1S/C20H38O4.2ClH/c1-2-18(15-11-8-9-13-17-20(23)24)14-10-6-4-3-5-7-12-16-19(21)22;;/h18H,2-17H2,1H3,(H,21,22)(H,23,24);2*1H/p-2. The summed E-state index contributed by atoms with van der Waals surface area (Å²) < 4.78 is 0. The Hall–Kier alpha value is -0.480. The van der Waals surface area contributed by atoms with Crippen molar-refractivity contribution in [1.29, 1.82) is 0 Å². The number of carbonyl (C=O) groups is 2. The van der Waals surface area contributed by atoms with E-state index >= 15 is 0 Å². The van der Waals surface area contributed by atoms with Gasteiger partial charge in [-0.2, -0.15) is 0 Å². The summed E-state index contributed by atoms with van der Waals surface area (Å²) in [5.41, 5.74) is 0. The summed E-state index contributed by atoms with van der Waals surface area (Å²) in [5.74, 6) is -0.522. The van der Waals surface area contributed by atoms with Crippen LogP contribution in [0.3, 0.4) is 0 Å². The van der Waals surface area contributed by atoms with Crippen molar-refractivity contribution >= 4 is 11.9 Å². The van der Waals surface area contributed by atoms with Crippen LogP contribution in [0.1, 0.15) is 110 Å².